The molecule has 0 radical (unpaired) electrons. The van der Waals surface area contributed by atoms with Crippen molar-refractivity contribution in [3.8, 4) is 11.5 Å². The first kappa shape index (κ1) is 24.1. The second kappa shape index (κ2) is 8.12. The Balaban J connectivity index is 1.42. The van der Waals surface area contributed by atoms with Crippen LogP contribution >= 0.6 is 0 Å². The molecule has 11 nitrogen and oxygen atoms in total. The number of rotatable bonds is 5. The van der Waals surface area contributed by atoms with Crippen molar-refractivity contribution < 1.29 is 49.6 Å². The molecule has 2 saturated heterocycles. The summed E-state index contributed by atoms with van der Waals surface area (Å²) >= 11 is 0. The molecule has 2 bridgehead atoms. The summed E-state index contributed by atoms with van der Waals surface area (Å²) in [5.74, 6) is -1.06. The highest BCUT2D eigenvalue weighted by molar-refractivity contribution is 5.73. The third-order valence-corrected chi connectivity index (χ3v) is 8.95. The number of benzene rings is 1. The molecule has 1 unspecified atom stereocenters. The van der Waals surface area contributed by atoms with Crippen LogP contribution in [0.5, 0.6) is 11.5 Å². The minimum Gasteiger partial charge on any atom is -0.482 e. The molecule has 1 spiro atoms. The number of carbonyl (C=O) groups is 1. The van der Waals surface area contributed by atoms with Crippen LogP contribution in [0.4, 0.5) is 0 Å². The Morgan fingerprint density at radius 1 is 1.19 bits per heavy atom. The van der Waals surface area contributed by atoms with Crippen LogP contribution in [0.15, 0.2) is 24.8 Å². The van der Waals surface area contributed by atoms with Crippen LogP contribution in [-0.4, -0.2) is 109 Å². The fourth-order valence-electron chi connectivity index (χ4n) is 7.35. The standard InChI is InChI=1S/C25H31NO10/c1-2-8-26-9-7-24-15-11-3-4-13(34-23-18(30)16(28)17(29)20(36-23)22(31)32)19(15)35-21(24)12(27)5-6-25(24,33)14(26)10-11/h2-4,12,14,16-18,20-21,23,27-30,33H,1,5-10H2,(H,31,32)/t12-,14-,16+,17+,18-,20+,21+,23?,24+,25-/m1/s1. The zero-order valence-corrected chi connectivity index (χ0v) is 19.6. The SMILES string of the molecule is C=CCN1CC[C@]23c4c5ccc(OC6O[C@H](C(=O)O)[C@@H](O)[C@H](O)[C@H]6O)c4O[C@H]2[C@H](O)CC[C@@]3(O)[C@H]1C5. The molecule has 2 aliphatic carbocycles. The van der Waals surface area contributed by atoms with Gasteiger partial charge in [0.2, 0.25) is 6.29 Å². The number of piperidine rings is 1. The lowest BCUT2D eigenvalue weighted by molar-refractivity contribution is -0.271. The molecule has 5 aliphatic rings. The van der Waals surface area contributed by atoms with Gasteiger partial charge in [-0.3, -0.25) is 4.90 Å². The second-order valence-corrected chi connectivity index (χ2v) is 10.6. The topological polar surface area (TPSA) is 169 Å². The summed E-state index contributed by atoms with van der Waals surface area (Å²) in [6.07, 6.45) is -6.57. The molecule has 3 fully saturated rings. The van der Waals surface area contributed by atoms with Gasteiger partial charge in [-0.1, -0.05) is 12.1 Å². The molecule has 6 rings (SSSR count). The average Bonchev–Trinajstić information content (AvgIpc) is 3.20. The van der Waals surface area contributed by atoms with Gasteiger partial charge in [0, 0.05) is 18.2 Å². The van der Waals surface area contributed by atoms with Crippen molar-refractivity contribution in [2.75, 3.05) is 13.1 Å². The predicted octanol–water partition coefficient (Wildman–Crippen LogP) is -1.34. The Kier molecular flexibility index (Phi) is 5.44. The zero-order valence-electron chi connectivity index (χ0n) is 19.6. The Labute approximate surface area is 207 Å². The summed E-state index contributed by atoms with van der Waals surface area (Å²) < 4.78 is 17.5. The molecule has 1 aromatic rings. The van der Waals surface area contributed by atoms with Gasteiger partial charge in [-0.25, -0.2) is 4.79 Å². The van der Waals surface area contributed by atoms with Gasteiger partial charge in [-0.05, 0) is 43.9 Å². The average molecular weight is 506 g/mol. The third-order valence-electron chi connectivity index (χ3n) is 8.95. The van der Waals surface area contributed by atoms with E-state index >= 15 is 0 Å². The molecule has 3 heterocycles. The fraction of sp³-hybridized carbons (Fsp3) is 0.640. The maximum Gasteiger partial charge on any atom is 0.335 e. The Hall–Kier alpha value is -2.25. The van der Waals surface area contributed by atoms with E-state index in [1.165, 1.54) is 0 Å². The van der Waals surface area contributed by atoms with E-state index in [2.05, 4.69) is 11.5 Å². The quantitative estimate of drug-likeness (QED) is 0.262. The minimum absolute atomic E-state index is 0.135. The van der Waals surface area contributed by atoms with E-state index in [0.717, 1.165) is 11.1 Å². The molecule has 36 heavy (non-hydrogen) atoms. The van der Waals surface area contributed by atoms with Gasteiger partial charge in [0.1, 0.15) is 24.4 Å². The Bertz CT molecular complexity index is 1100. The highest BCUT2D eigenvalue weighted by Crippen LogP contribution is 2.65. The van der Waals surface area contributed by atoms with Gasteiger partial charge in [0.15, 0.2) is 17.6 Å². The van der Waals surface area contributed by atoms with E-state index in [1.54, 1.807) is 6.07 Å². The zero-order chi connectivity index (χ0) is 25.6. The monoisotopic (exact) mass is 505 g/mol. The lowest BCUT2D eigenvalue weighted by Gasteiger charge is -2.63. The van der Waals surface area contributed by atoms with Crippen molar-refractivity contribution in [1.29, 1.82) is 0 Å². The van der Waals surface area contributed by atoms with E-state index < -0.39 is 59.9 Å². The minimum atomic E-state index is -1.84. The van der Waals surface area contributed by atoms with E-state index in [0.29, 0.717) is 44.5 Å². The summed E-state index contributed by atoms with van der Waals surface area (Å²) in [4.78, 5) is 13.7. The number of likely N-dealkylation sites (tertiary alicyclic amines) is 1. The highest BCUT2D eigenvalue weighted by atomic mass is 16.7. The first-order valence-electron chi connectivity index (χ1n) is 12.3. The van der Waals surface area contributed by atoms with Crippen LogP contribution in [0.3, 0.4) is 0 Å². The normalized spacial score (nSPS) is 44.9. The van der Waals surface area contributed by atoms with Crippen molar-refractivity contribution in [2.24, 2.45) is 0 Å². The van der Waals surface area contributed by atoms with Crippen molar-refractivity contribution in [3.63, 3.8) is 0 Å². The van der Waals surface area contributed by atoms with Crippen LogP contribution in [-0.2, 0) is 21.4 Å². The van der Waals surface area contributed by atoms with Crippen LogP contribution in [0, 0.1) is 0 Å². The van der Waals surface area contributed by atoms with Gasteiger partial charge in [0.05, 0.1) is 17.1 Å². The summed E-state index contributed by atoms with van der Waals surface area (Å²) in [6.45, 7) is 5.18. The number of aliphatic hydroxyl groups is 5. The Morgan fingerprint density at radius 2 is 1.97 bits per heavy atom. The van der Waals surface area contributed by atoms with Crippen LogP contribution in [0.25, 0.3) is 0 Å². The summed E-state index contributed by atoms with van der Waals surface area (Å²) in [7, 11) is 0. The number of ether oxygens (including phenoxy) is 3. The molecule has 196 valence electrons. The van der Waals surface area contributed by atoms with Crippen molar-refractivity contribution in [1.82, 2.24) is 4.90 Å². The molecule has 10 atom stereocenters. The number of hydrogen-bond acceptors (Lipinski definition) is 10. The maximum atomic E-state index is 12.2. The molecule has 6 N–H and O–H groups in total. The Morgan fingerprint density at radius 3 is 2.69 bits per heavy atom. The molecule has 1 saturated carbocycles. The van der Waals surface area contributed by atoms with Crippen LogP contribution in [0.2, 0.25) is 0 Å². The van der Waals surface area contributed by atoms with Crippen molar-refractivity contribution >= 4 is 5.97 Å². The molecule has 3 aliphatic heterocycles. The van der Waals surface area contributed by atoms with Crippen LogP contribution < -0.4 is 9.47 Å². The summed E-state index contributed by atoms with van der Waals surface area (Å²) in [6, 6.07) is 3.29. The van der Waals surface area contributed by atoms with Gasteiger partial charge in [-0.2, -0.15) is 0 Å². The number of carboxylic acid groups (broad SMARTS) is 1. The lowest BCUT2D eigenvalue weighted by atomic mass is 9.48. The van der Waals surface area contributed by atoms with Gasteiger partial charge in [-0.15, -0.1) is 6.58 Å². The first-order chi connectivity index (χ1) is 17.1. The smallest absolute Gasteiger partial charge is 0.335 e. The second-order valence-electron chi connectivity index (χ2n) is 10.6. The number of nitrogens with zero attached hydrogens (tertiary/aromatic N) is 1. The lowest BCUT2D eigenvalue weighted by Crippen LogP contribution is -2.77. The molecule has 0 aromatic heterocycles. The molecular formula is C25H31NO10. The largest absolute Gasteiger partial charge is 0.482 e. The van der Waals surface area contributed by atoms with Gasteiger partial charge < -0.3 is 44.8 Å². The summed E-state index contributed by atoms with van der Waals surface area (Å²) in [5.41, 5.74) is -0.284. The molecule has 1 aromatic carbocycles. The fourth-order valence-corrected chi connectivity index (χ4v) is 7.35. The summed E-state index contributed by atoms with van der Waals surface area (Å²) in [5, 5.41) is 63.2. The van der Waals surface area contributed by atoms with Crippen LogP contribution in [0.1, 0.15) is 30.4 Å². The van der Waals surface area contributed by atoms with E-state index in [4.69, 9.17) is 14.2 Å². The number of hydrogen-bond donors (Lipinski definition) is 6. The van der Waals surface area contributed by atoms with E-state index in [1.807, 2.05) is 12.1 Å². The van der Waals surface area contributed by atoms with Crippen molar-refractivity contribution in [2.45, 2.75) is 85.7 Å². The third kappa shape index (κ3) is 2.96. The number of aliphatic hydroxyl groups excluding tert-OH is 4. The van der Waals surface area contributed by atoms with Crippen molar-refractivity contribution in [3.05, 3.63) is 35.9 Å². The molecule has 11 heteroatoms. The highest BCUT2D eigenvalue weighted by Gasteiger charge is 2.72. The van der Waals surface area contributed by atoms with Gasteiger partial charge in [0.25, 0.3) is 0 Å². The maximum absolute atomic E-state index is 12.2. The van der Waals surface area contributed by atoms with Gasteiger partial charge >= 0.3 is 5.97 Å². The van der Waals surface area contributed by atoms with E-state index in [-0.39, 0.29) is 11.8 Å². The number of carboxylic acids is 1. The van der Waals surface area contributed by atoms with E-state index in [9.17, 15) is 35.4 Å². The molecular weight excluding hydrogens is 474 g/mol. The number of aliphatic carboxylic acids is 1. The first-order valence-corrected chi connectivity index (χ1v) is 12.3. The molecule has 0 amide bonds. The predicted molar refractivity (Wildman–Crippen MR) is 122 cm³/mol.